The zero-order chi connectivity index (χ0) is 36.6. The van der Waals surface area contributed by atoms with Crippen molar-refractivity contribution < 1.29 is 9.59 Å². The predicted molar refractivity (Wildman–Crippen MR) is 222 cm³/mol. The van der Waals surface area contributed by atoms with Crippen LogP contribution in [0.25, 0.3) is 0 Å². The van der Waals surface area contributed by atoms with E-state index in [1.807, 2.05) is 6.92 Å². The van der Waals surface area contributed by atoms with E-state index in [-0.39, 0.29) is 11.8 Å². The van der Waals surface area contributed by atoms with Gasteiger partial charge in [0.05, 0.1) is 0 Å². The van der Waals surface area contributed by atoms with E-state index in [4.69, 9.17) is 5.73 Å². The molecule has 0 bridgehead atoms. The quantitative estimate of drug-likeness (QED) is 0.0493. The molecule has 0 aliphatic rings. The first kappa shape index (κ1) is 48.4. The molecule has 0 aromatic rings. The van der Waals surface area contributed by atoms with Crippen LogP contribution in [0, 0.1) is 0 Å². The largest absolute Gasteiger partial charge is 0.368 e. The number of rotatable bonds is 40. The van der Waals surface area contributed by atoms with Gasteiger partial charge in [-0.05, 0) is 70.6 Å². The lowest BCUT2D eigenvalue weighted by atomic mass is 9.88. The maximum absolute atomic E-state index is 12.8. The van der Waals surface area contributed by atoms with Crippen molar-refractivity contribution in [1.29, 1.82) is 0 Å². The molecule has 0 spiro atoms. The van der Waals surface area contributed by atoms with Crippen LogP contribution in [-0.2, 0) is 9.59 Å². The number of allylic oxidation sites excluding steroid dienone is 4. The SMILES string of the molecule is CCCCCCCCC=CCCCCCCCCCCCC(=O)NC(CC)(CCCCCCCCCCC=CCCCCCCCC)C(N)=O. The molecule has 50 heavy (non-hydrogen) atoms. The second-order valence-electron chi connectivity index (χ2n) is 15.5. The van der Waals surface area contributed by atoms with Crippen molar-refractivity contribution in [2.24, 2.45) is 5.73 Å². The lowest BCUT2D eigenvalue weighted by Gasteiger charge is -2.31. The van der Waals surface area contributed by atoms with Gasteiger partial charge >= 0.3 is 0 Å². The summed E-state index contributed by atoms with van der Waals surface area (Å²) < 4.78 is 0. The second kappa shape index (κ2) is 38.6. The van der Waals surface area contributed by atoms with Crippen LogP contribution < -0.4 is 11.1 Å². The van der Waals surface area contributed by atoms with Crippen LogP contribution in [0.5, 0.6) is 0 Å². The van der Waals surface area contributed by atoms with Crippen molar-refractivity contribution in [2.75, 3.05) is 0 Å². The summed E-state index contributed by atoms with van der Waals surface area (Å²) in [5.41, 5.74) is 4.96. The molecular formula is C46H88N2O2. The van der Waals surface area contributed by atoms with E-state index in [0.717, 1.165) is 25.7 Å². The first-order chi connectivity index (χ1) is 24.5. The highest BCUT2D eigenvalue weighted by molar-refractivity contribution is 5.90. The van der Waals surface area contributed by atoms with E-state index >= 15 is 0 Å². The first-order valence-corrected chi connectivity index (χ1v) is 22.4. The van der Waals surface area contributed by atoms with Crippen molar-refractivity contribution >= 4 is 11.8 Å². The highest BCUT2D eigenvalue weighted by atomic mass is 16.2. The Hall–Kier alpha value is -1.58. The summed E-state index contributed by atoms with van der Waals surface area (Å²) in [5.74, 6) is -0.387. The maximum atomic E-state index is 12.8. The molecule has 3 N–H and O–H groups in total. The van der Waals surface area contributed by atoms with Crippen LogP contribution in [0.15, 0.2) is 24.3 Å². The molecule has 0 fully saturated rings. The Bertz CT molecular complexity index is 791. The minimum Gasteiger partial charge on any atom is -0.368 e. The topological polar surface area (TPSA) is 72.2 Å². The van der Waals surface area contributed by atoms with Crippen molar-refractivity contribution in [3.8, 4) is 0 Å². The average molecular weight is 701 g/mol. The van der Waals surface area contributed by atoms with Gasteiger partial charge in [0.15, 0.2) is 0 Å². The van der Waals surface area contributed by atoms with Crippen LogP contribution in [0.1, 0.15) is 252 Å². The van der Waals surface area contributed by atoms with E-state index in [1.165, 1.54) is 186 Å². The zero-order valence-corrected chi connectivity index (χ0v) is 34.2. The molecular weight excluding hydrogens is 613 g/mol. The number of carbonyl (C=O) groups is 2. The minimum atomic E-state index is -0.886. The summed E-state index contributed by atoms with van der Waals surface area (Å²) in [6, 6.07) is 0. The van der Waals surface area contributed by atoms with Crippen molar-refractivity contribution in [3.05, 3.63) is 24.3 Å². The van der Waals surface area contributed by atoms with Gasteiger partial charge in [0.1, 0.15) is 5.54 Å². The van der Waals surface area contributed by atoms with Crippen LogP contribution in [0.4, 0.5) is 0 Å². The second-order valence-corrected chi connectivity index (χ2v) is 15.5. The van der Waals surface area contributed by atoms with Crippen LogP contribution >= 0.6 is 0 Å². The molecule has 4 heteroatoms. The molecule has 0 saturated carbocycles. The normalized spacial score (nSPS) is 13.0. The molecule has 294 valence electrons. The molecule has 0 radical (unpaired) electrons. The Balaban J connectivity index is 3.76. The van der Waals surface area contributed by atoms with Gasteiger partial charge in [0.2, 0.25) is 11.8 Å². The summed E-state index contributed by atoms with van der Waals surface area (Å²) in [4.78, 5) is 25.2. The van der Waals surface area contributed by atoms with Gasteiger partial charge in [-0.3, -0.25) is 9.59 Å². The lowest BCUT2D eigenvalue weighted by Crippen LogP contribution is -2.57. The van der Waals surface area contributed by atoms with Gasteiger partial charge < -0.3 is 11.1 Å². The van der Waals surface area contributed by atoms with Gasteiger partial charge in [-0.25, -0.2) is 0 Å². The number of nitrogens with one attached hydrogen (secondary N) is 1. The van der Waals surface area contributed by atoms with E-state index in [1.54, 1.807) is 0 Å². The minimum absolute atomic E-state index is 0.0103. The molecule has 0 aliphatic carbocycles. The van der Waals surface area contributed by atoms with Crippen LogP contribution in [0.3, 0.4) is 0 Å². The third-order valence-electron chi connectivity index (χ3n) is 10.7. The smallest absolute Gasteiger partial charge is 0.243 e. The highest BCUT2D eigenvalue weighted by Gasteiger charge is 2.35. The summed E-state index contributed by atoms with van der Waals surface area (Å²) in [6.45, 7) is 6.53. The fraction of sp³-hybridized carbons (Fsp3) is 0.870. The molecule has 4 nitrogen and oxygen atoms in total. The number of carbonyl (C=O) groups excluding carboxylic acids is 2. The van der Waals surface area contributed by atoms with Gasteiger partial charge in [-0.15, -0.1) is 0 Å². The molecule has 0 rings (SSSR count). The Kier molecular flexibility index (Phi) is 37.4. The van der Waals surface area contributed by atoms with Crippen LogP contribution in [-0.4, -0.2) is 17.4 Å². The molecule has 0 heterocycles. The fourth-order valence-corrected chi connectivity index (χ4v) is 7.11. The number of hydrogen-bond donors (Lipinski definition) is 2. The Labute approximate surface area is 313 Å². The Morgan fingerprint density at radius 3 is 1.06 bits per heavy atom. The van der Waals surface area contributed by atoms with E-state index < -0.39 is 5.54 Å². The van der Waals surface area contributed by atoms with Gasteiger partial charge in [0, 0.05) is 6.42 Å². The van der Waals surface area contributed by atoms with Gasteiger partial charge in [-0.1, -0.05) is 199 Å². The van der Waals surface area contributed by atoms with Crippen molar-refractivity contribution in [2.45, 2.75) is 257 Å². The summed E-state index contributed by atoms with van der Waals surface area (Å²) >= 11 is 0. The van der Waals surface area contributed by atoms with Gasteiger partial charge in [-0.2, -0.15) is 0 Å². The Morgan fingerprint density at radius 2 is 0.740 bits per heavy atom. The number of nitrogens with two attached hydrogens (primary N) is 1. The van der Waals surface area contributed by atoms with E-state index in [2.05, 4.69) is 43.5 Å². The Morgan fingerprint density at radius 1 is 0.440 bits per heavy atom. The molecule has 0 saturated heterocycles. The lowest BCUT2D eigenvalue weighted by molar-refractivity contribution is -0.132. The third-order valence-corrected chi connectivity index (χ3v) is 10.7. The third kappa shape index (κ3) is 32.3. The molecule has 1 unspecified atom stereocenters. The predicted octanol–water partition coefficient (Wildman–Crippen LogP) is 14.5. The summed E-state index contributed by atoms with van der Waals surface area (Å²) in [5, 5.41) is 3.07. The summed E-state index contributed by atoms with van der Waals surface area (Å²) in [6.07, 6.45) is 53.7. The van der Waals surface area contributed by atoms with Crippen molar-refractivity contribution in [1.82, 2.24) is 5.32 Å². The number of primary amides is 1. The maximum Gasteiger partial charge on any atom is 0.243 e. The molecule has 2 amide bonds. The zero-order valence-electron chi connectivity index (χ0n) is 34.2. The van der Waals surface area contributed by atoms with Crippen molar-refractivity contribution in [3.63, 3.8) is 0 Å². The number of unbranched alkanes of at least 4 members (excludes halogenated alkanes) is 29. The fourth-order valence-electron chi connectivity index (χ4n) is 7.11. The van der Waals surface area contributed by atoms with Crippen LogP contribution in [0.2, 0.25) is 0 Å². The monoisotopic (exact) mass is 701 g/mol. The first-order valence-electron chi connectivity index (χ1n) is 22.4. The standard InChI is InChI=1S/C46H88N2O2/c1-4-7-9-11-13-15-17-19-21-23-25-26-28-30-32-34-36-38-40-42-44(49)48-46(6-3,45(47)50)43-41-39-37-35-33-31-29-27-24-22-20-18-16-14-12-10-8-5-2/h19-22H,4-18,23-43H2,1-3H3,(H2,47,50)(H,48,49). The van der Waals surface area contributed by atoms with Gasteiger partial charge in [0.25, 0.3) is 0 Å². The molecule has 0 aliphatic heterocycles. The van der Waals surface area contributed by atoms with E-state index in [9.17, 15) is 9.59 Å². The molecule has 0 aromatic heterocycles. The molecule has 1 atom stereocenters. The molecule has 0 aromatic carbocycles. The summed E-state index contributed by atoms with van der Waals surface area (Å²) in [7, 11) is 0. The average Bonchev–Trinajstić information content (AvgIpc) is 3.11. The number of amides is 2. The van der Waals surface area contributed by atoms with E-state index in [0.29, 0.717) is 19.3 Å². The highest BCUT2D eigenvalue weighted by Crippen LogP contribution is 2.21. The number of hydrogen-bond acceptors (Lipinski definition) is 2.